The van der Waals surface area contributed by atoms with Gasteiger partial charge in [0.05, 0.1) is 6.04 Å². The second-order valence-corrected chi connectivity index (χ2v) is 5.62. The predicted octanol–water partition coefficient (Wildman–Crippen LogP) is 2.34. The molecule has 0 spiro atoms. The summed E-state index contributed by atoms with van der Waals surface area (Å²) in [6, 6.07) is 3.70. The average Bonchev–Trinajstić information content (AvgIpc) is 2.88. The molecule has 1 unspecified atom stereocenters. The maximum absolute atomic E-state index is 13.4. The minimum absolute atomic E-state index is 0.249. The molecule has 1 aromatic rings. The molecule has 0 saturated carbocycles. The molecule has 1 saturated heterocycles. The molecular weight excluding hydrogens is 248 g/mol. The van der Waals surface area contributed by atoms with Gasteiger partial charge in [0, 0.05) is 5.54 Å². The van der Waals surface area contributed by atoms with Crippen LogP contribution in [0.1, 0.15) is 38.3 Å². The highest BCUT2D eigenvalue weighted by atomic mass is 19.2. The van der Waals surface area contributed by atoms with E-state index in [1.165, 1.54) is 18.9 Å². The molecule has 0 radical (unpaired) electrons. The van der Waals surface area contributed by atoms with E-state index in [0.29, 0.717) is 5.56 Å². The first-order chi connectivity index (χ1) is 8.96. The van der Waals surface area contributed by atoms with Crippen molar-refractivity contribution in [3.63, 3.8) is 0 Å². The summed E-state index contributed by atoms with van der Waals surface area (Å²) in [6.45, 7) is 6.16. The third-order valence-corrected chi connectivity index (χ3v) is 4.07. The minimum atomic E-state index is -0.838. The van der Waals surface area contributed by atoms with Gasteiger partial charge in [-0.2, -0.15) is 0 Å². The van der Waals surface area contributed by atoms with E-state index in [1.807, 2.05) is 0 Å². The lowest BCUT2D eigenvalue weighted by molar-refractivity contribution is 0.107. The van der Waals surface area contributed by atoms with Crippen LogP contribution in [-0.2, 0) is 0 Å². The van der Waals surface area contributed by atoms with Gasteiger partial charge in [0.25, 0.3) is 0 Å². The van der Waals surface area contributed by atoms with Gasteiger partial charge in [-0.25, -0.2) is 8.78 Å². The normalized spacial score (nSPS) is 18.8. The van der Waals surface area contributed by atoms with E-state index in [2.05, 4.69) is 24.2 Å². The Hall–Kier alpha value is -1.04. The van der Waals surface area contributed by atoms with Crippen molar-refractivity contribution in [1.29, 1.82) is 0 Å². The van der Waals surface area contributed by atoms with Crippen molar-refractivity contribution in [3.8, 4) is 0 Å². The summed E-state index contributed by atoms with van der Waals surface area (Å²) in [6.07, 6.45) is 2.33. The number of hydrogen-bond acceptors (Lipinski definition) is 3. The Morgan fingerprint density at radius 2 is 1.84 bits per heavy atom. The lowest BCUT2D eigenvalue weighted by atomic mass is 9.87. The van der Waals surface area contributed by atoms with Crippen LogP contribution in [-0.4, -0.2) is 23.5 Å². The van der Waals surface area contributed by atoms with Gasteiger partial charge in [0.1, 0.15) is 0 Å². The highest BCUT2D eigenvalue weighted by Gasteiger charge is 2.37. The van der Waals surface area contributed by atoms with Crippen LogP contribution in [0.2, 0.25) is 0 Å². The van der Waals surface area contributed by atoms with Gasteiger partial charge >= 0.3 is 0 Å². The molecule has 0 aliphatic carbocycles. The second-order valence-electron chi connectivity index (χ2n) is 5.62. The molecule has 0 bridgehead atoms. The highest BCUT2D eigenvalue weighted by molar-refractivity contribution is 5.24. The van der Waals surface area contributed by atoms with Crippen LogP contribution in [0.5, 0.6) is 0 Å². The Morgan fingerprint density at radius 3 is 2.37 bits per heavy atom. The van der Waals surface area contributed by atoms with Gasteiger partial charge in [-0.3, -0.25) is 16.2 Å². The fourth-order valence-electron chi connectivity index (χ4n) is 2.88. The van der Waals surface area contributed by atoms with Crippen LogP contribution in [0.15, 0.2) is 18.2 Å². The molecule has 3 nitrogen and oxygen atoms in total. The van der Waals surface area contributed by atoms with Gasteiger partial charge in [-0.05, 0) is 57.5 Å². The molecule has 106 valence electrons. The Bertz CT molecular complexity index is 442. The Morgan fingerprint density at radius 1 is 1.21 bits per heavy atom. The third-order valence-electron chi connectivity index (χ3n) is 4.07. The van der Waals surface area contributed by atoms with Crippen LogP contribution < -0.4 is 11.3 Å². The minimum Gasteiger partial charge on any atom is -0.296 e. The quantitative estimate of drug-likeness (QED) is 0.651. The van der Waals surface area contributed by atoms with Crippen LogP contribution in [0, 0.1) is 11.6 Å². The van der Waals surface area contributed by atoms with Crippen molar-refractivity contribution < 1.29 is 8.78 Å². The zero-order valence-electron chi connectivity index (χ0n) is 11.4. The molecule has 1 aromatic carbocycles. The Labute approximate surface area is 112 Å². The summed E-state index contributed by atoms with van der Waals surface area (Å²) in [4.78, 5) is 2.33. The van der Waals surface area contributed by atoms with Crippen molar-refractivity contribution >= 4 is 0 Å². The highest BCUT2D eigenvalue weighted by Crippen LogP contribution is 2.33. The molecular formula is C14H21F2N3. The number of nitrogens with zero attached hydrogens (tertiary/aromatic N) is 1. The summed E-state index contributed by atoms with van der Waals surface area (Å²) >= 11 is 0. The number of benzene rings is 1. The molecule has 1 heterocycles. The number of likely N-dealkylation sites (tertiary alicyclic amines) is 1. The molecule has 1 atom stereocenters. The van der Waals surface area contributed by atoms with Gasteiger partial charge in [-0.15, -0.1) is 0 Å². The summed E-state index contributed by atoms with van der Waals surface area (Å²) in [5.74, 6) is 3.98. The van der Waals surface area contributed by atoms with E-state index in [4.69, 9.17) is 5.84 Å². The number of hydrazine groups is 1. The molecule has 0 aromatic heterocycles. The number of nitrogens with two attached hydrogens (primary N) is 1. The topological polar surface area (TPSA) is 41.3 Å². The maximum atomic E-state index is 13.4. The molecule has 1 fully saturated rings. The second kappa shape index (κ2) is 5.53. The van der Waals surface area contributed by atoms with Gasteiger partial charge in [0.2, 0.25) is 0 Å². The summed E-state index contributed by atoms with van der Waals surface area (Å²) < 4.78 is 26.4. The van der Waals surface area contributed by atoms with E-state index >= 15 is 0 Å². The molecule has 1 aliphatic rings. The van der Waals surface area contributed by atoms with E-state index < -0.39 is 11.6 Å². The van der Waals surface area contributed by atoms with Crippen molar-refractivity contribution in [3.05, 3.63) is 35.4 Å². The van der Waals surface area contributed by atoms with E-state index in [-0.39, 0.29) is 11.6 Å². The molecule has 2 rings (SSSR count). The Balaban J connectivity index is 2.29. The fourth-order valence-corrected chi connectivity index (χ4v) is 2.88. The summed E-state index contributed by atoms with van der Waals surface area (Å²) in [5.41, 5.74) is 3.16. The van der Waals surface area contributed by atoms with Crippen LogP contribution in [0.4, 0.5) is 8.78 Å². The van der Waals surface area contributed by atoms with E-state index in [1.54, 1.807) is 6.07 Å². The standard InChI is InChI=1S/C14H21F2N3/c1-14(2,19-7-3-4-8-19)13(18-17)10-5-6-11(15)12(16)9-10/h5-6,9,13,18H,3-4,7-8,17H2,1-2H3. The largest absolute Gasteiger partial charge is 0.296 e. The van der Waals surface area contributed by atoms with Gasteiger partial charge in [-0.1, -0.05) is 6.07 Å². The first-order valence-electron chi connectivity index (χ1n) is 6.63. The van der Waals surface area contributed by atoms with Crippen molar-refractivity contribution in [2.75, 3.05) is 13.1 Å². The zero-order chi connectivity index (χ0) is 14.0. The summed E-state index contributed by atoms with van der Waals surface area (Å²) in [5, 5.41) is 0. The molecule has 19 heavy (non-hydrogen) atoms. The number of hydrogen-bond donors (Lipinski definition) is 2. The molecule has 0 amide bonds. The van der Waals surface area contributed by atoms with Crippen LogP contribution in [0.3, 0.4) is 0 Å². The Kier molecular flexibility index (Phi) is 4.18. The first-order valence-corrected chi connectivity index (χ1v) is 6.63. The van der Waals surface area contributed by atoms with E-state index in [9.17, 15) is 8.78 Å². The molecule has 3 N–H and O–H groups in total. The van der Waals surface area contributed by atoms with Crippen LogP contribution >= 0.6 is 0 Å². The smallest absolute Gasteiger partial charge is 0.159 e. The van der Waals surface area contributed by atoms with E-state index in [0.717, 1.165) is 19.2 Å². The number of rotatable bonds is 4. The molecule has 5 heteroatoms. The van der Waals surface area contributed by atoms with Crippen molar-refractivity contribution in [2.45, 2.75) is 38.3 Å². The predicted molar refractivity (Wildman–Crippen MR) is 71.3 cm³/mol. The van der Waals surface area contributed by atoms with Gasteiger partial charge < -0.3 is 0 Å². The number of halogens is 2. The van der Waals surface area contributed by atoms with Gasteiger partial charge in [0.15, 0.2) is 11.6 Å². The fraction of sp³-hybridized carbons (Fsp3) is 0.571. The van der Waals surface area contributed by atoms with Crippen molar-refractivity contribution in [1.82, 2.24) is 10.3 Å². The SMILES string of the molecule is CC(C)(C(NN)c1ccc(F)c(F)c1)N1CCCC1. The zero-order valence-corrected chi connectivity index (χ0v) is 11.4. The molecule has 1 aliphatic heterocycles. The monoisotopic (exact) mass is 269 g/mol. The lowest BCUT2D eigenvalue weighted by Gasteiger charge is -2.42. The van der Waals surface area contributed by atoms with Crippen molar-refractivity contribution in [2.24, 2.45) is 5.84 Å². The maximum Gasteiger partial charge on any atom is 0.159 e. The third kappa shape index (κ3) is 2.78. The average molecular weight is 269 g/mol. The lowest BCUT2D eigenvalue weighted by Crippen LogP contribution is -2.53. The van der Waals surface area contributed by atoms with Crippen LogP contribution in [0.25, 0.3) is 0 Å². The summed E-state index contributed by atoms with van der Waals surface area (Å²) in [7, 11) is 0. The number of nitrogens with one attached hydrogen (secondary N) is 1. The first kappa shape index (κ1) is 14.4.